The van der Waals surface area contributed by atoms with Crippen molar-refractivity contribution in [1.82, 2.24) is 0 Å². The van der Waals surface area contributed by atoms with Crippen LogP contribution in [0.2, 0.25) is 19.6 Å². The van der Waals surface area contributed by atoms with E-state index < -0.39 is 21.3 Å². The van der Waals surface area contributed by atoms with Crippen molar-refractivity contribution >= 4 is 15.9 Å². The first-order chi connectivity index (χ1) is 7.08. The molecular formula is C10H25O4PSi. The van der Waals surface area contributed by atoms with E-state index in [4.69, 9.17) is 13.5 Å². The van der Waals surface area contributed by atoms with Crippen LogP contribution in [0.4, 0.5) is 0 Å². The SMILES string of the molecule is CCOP(=O)(OCC)C(C)(C)O[Si](C)(C)C. The number of rotatable bonds is 7. The van der Waals surface area contributed by atoms with Gasteiger partial charge in [-0.15, -0.1) is 0 Å². The van der Waals surface area contributed by atoms with Crippen molar-refractivity contribution in [3.63, 3.8) is 0 Å². The molecule has 0 amide bonds. The Kier molecular flexibility index (Phi) is 5.90. The topological polar surface area (TPSA) is 44.8 Å². The summed E-state index contributed by atoms with van der Waals surface area (Å²) in [6.07, 6.45) is 0. The fraction of sp³-hybridized carbons (Fsp3) is 1.00. The van der Waals surface area contributed by atoms with Gasteiger partial charge in [0.1, 0.15) is 0 Å². The molecule has 0 atom stereocenters. The van der Waals surface area contributed by atoms with E-state index in [2.05, 4.69) is 19.6 Å². The first-order valence-electron chi connectivity index (χ1n) is 5.67. The highest BCUT2D eigenvalue weighted by atomic mass is 31.2. The molecule has 0 fully saturated rings. The molecule has 0 spiro atoms. The van der Waals surface area contributed by atoms with Crippen molar-refractivity contribution in [2.24, 2.45) is 0 Å². The lowest BCUT2D eigenvalue weighted by Gasteiger charge is -2.37. The molecule has 0 aliphatic carbocycles. The Hall–Kier alpha value is 0.327. The number of hydrogen-bond donors (Lipinski definition) is 0. The predicted molar refractivity (Wildman–Crippen MR) is 69.4 cm³/mol. The van der Waals surface area contributed by atoms with Crippen molar-refractivity contribution in [3.05, 3.63) is 0 Å². The number of hydrogen-bond acceptors (Lipinski definition) is 4. The standard InChI is InChI=1S/C10H25O4PSi/c1-8-12-15(11,13-9-2)10(3,4)14-16(5,6)7/h8-9H2,1-7H3. The van der Waals surface area contributed by atoms with Gasteiger partial charge >= 0.3 is 7.60 Å². The Labute approximate surface area is 100 Å². The molecule has 0 bridgehead atoms. The van der Waals surface area contributed by atoms with E-state index in [1.807, 2.05) is 0 Å². The van der Waals surface area contributed by atoms with Crippen LogP contribution in [0.25, 0.3) is 0 Å². The molecule has 0 saturated heterocycles. The average molecular weight is 268 g/mol. The van der Waals surface area contributed by atoms with Gasteiger partial charge in [0.15, 0.2) is 13.7 Å². The molecule has 0 unspecified atom stereocenters. The minimum Gasteiger partial charge on any atom is -0.402 e. The summed E-state index contributed by atoms with van der Waals surface area (Å²) in [4.78, 5) is 0. The van der Waals surface area contributed by atoms with Crippen molar-refractivity contribution in [2.45, 2.75) is 52.7 Å². The molecule has 0 radical (unpaired) electrons. The lowest BCUT2D eigenvalue weighted by atomic mass is 10.5. The van der Waals surface area contributed by atoms with Gasteiger partial charge in [-0.05, 0) is 47.3 Å². The summed E-state index contributed by atoms with van der Waals surface area (Å²) in [5, 5.41) is -0.885. The molecule has 98 valence electrons. The first-order valence-corrected chi connectivity index (χ1v) is 10.6. The minimum atomic E-state index is -3.21. The molecular weight excluding hydrogens is 243 g/mol. The molecule has 0 saturated carbocycles. The van der Waals surface area contributed by atoms with E-state index in [1.54, 1.807) is 27.7 Å². The van der Waals surface area contributed by atoms with Crippen molar-refractivity contribution < 1.29 is 18.0 Å². The van der Waals surface area contributed by atoms with Crippen LogP contribution in [-0.4, -0.2) is 26.9 Å². The van der Waals surface area contributed by atoms with Crippen LogP contribution in [-0.2, 0) is 18.0 Å². The van der Waals surface area contributed by atoms with E-state index in [0.29, 0.717) is 13.2 Å². The predicted octanol–water partition coefficient (Wildman–Crippen LogP) is 3.84. The summed E-state index contributed by atoms with van der Waals surface area (Å²) in [5.74, 6) is 0. The Morgan fingerprint density at radius 3 is 1.69 bits per heavy atom. The van der Waals surface area contributed by atoms with Gasteiger partial charge in [-0.1, -0.05) is 0 Å². The highest BCUT2D eigenvalue weighted by molar-refractivity contribution is 7.55. The molecule has 0 aliphatic heterocycles. The second kappa shape index (κ2) is 5.78. The molecule has 0 heterocycles. The fourth-order valence-electron chi connectivity index (χ4n) is 1.49. The maximum absolute atomic E-state index is 12.6. The van der Waals surface area contributed by atoms with Gasteiger partial charge in [-0.25, -0.2) is 0 Å². The Morgan fingerprint density at radius 2 is 1.44 bits per heavy atom. The molecule has 0 aromatic heterocycles. The van der Waals surface area contributed by atoms with Crippen LogP contribution in [0.3, 0.4) is 0 Å². The maximum atomic E-state index is 12.6. The van der Waals surface area contributed by atoms with Crippen molar-refractivity contribution in [3.8, 4) is 0 Å². The quantitative estimate of drug-likeness (QED) is 0.520. The zero-order chi connectivity index (χ0) is 13.0. The Balaban J connectivity index is 4.96. The molecule has 0 aliphatic rings. The van der Waals surface area contributed by atoms with Gasteiger partial charge < -0.3 is 13.5 Å². The summed E-state index contributed by atoms with van der Waals surface area (Å²) in [5.41, 5.74) is 0. The van der Waals surface area contributed by atoms with Gasteiger partial charge in [-0.3, -0.25) is 4.57 Å². The lowest BCUT2D eigenvalue weighted by molar-refractivity contribution is 0.109. The Morgan fingerprint density at radius 1 is 1.06 bits per heavy atom. The highest BCUT2D eigenvalue weighted by Gasteiger charge is 2.46. The van der Waals surface area contributed by atoms with Crippen LogP contribution in [0.15, 0.2) is 0 Å². The summed E-state index contributed by atoms with van der Waals surface area (Å²) >= 11 is 0. The average Bonchev–Trinajstić information content (AvgIpc) is 1.99. The Bertz CT molecular complexity index is 250. The van der Waals surface area contributed by atoms with Gasteiger partial charge in [0.2, 0.25) is 0 Å². The fourth-order valence-corrected chi connectivity index (χ4v) is 5.64. The van der Waals surface area contributed by atoms with Crippen LogP contribution >= 0.6 is 7.60 Å². The van der Waals surface area contributed by atoms with Crippen LogP contribution in [0.5, 0.6) is 0 Å². The molecule has 6 heteroatoms. The third-order valence-corrected chi connectivity index (χ3v) is 5.71. The van der Waals surface area contributed by atoms with E-state index in [-0.39, 0.29) is 0 Å². The molecule has 0 aromatic rings. The molecule has 0 rings (SSSR count). The lowest BCUT2D eigenvalue weighted by Crippen LogP contribution is -2.39. The van der Waals surface area contributed by atoms with Crippen LogP contribution in [0, 0.1) is 0 Å². The third-order valence-electron chi connectivity index (χ3n) is 1.81. The van der Waals surface area contributed by atoms with E-state index >= 15 is 0 Å². The van der Waals surface area contributed by atoms with Gasteiger partial charge in [0.25, 0.3) is 0 Å². The van der Waals surface area contributed by atoms with Crippen molar-refractivity contribution in [2.75, 3.05) is 13.2 Å². The monoisotopic (exact) mass is 268 g/mol. The third kappa shape index (κ3) is 4.68. The van der Waals surface area contributed by atoms with Gasteiger partial charge in [0, 0.05) is 0 Å². The normalized spacial score (nSPS) is 14.2. The summed E-state index contributed by atoms with van der Waals surface area (Å²) in [6.45, 7) is 14.0. The first kappa shape index (κ1) is 16.3. The van der Waals surface area contributed by atoms with Crippen molar-refractivity contribution in [1.29, 1.82) is 0 Å². The summed E-state index contributed by atoms with van der Waals surface area (Å²) in [6, 6.07) is 0. The largest absolute Gasteiger partial charge is 0.402 e. The van der Waals surface area contributed by atoms with Gasteiger partial charge in [0.05, 0.1) is 13.2 Å². The maximum Gasteiger partial charge on any atom is 0.360 e. The smallest absolute Gasteiger partial charge is 0.360 e. The second-order valence-corrected chi connectivity index (χ2v) is 12.0. The van der Waals surface area contributed by atoms with E-state index in [9.17, 15) is 4.57 Å². The molecule has 0 N–H and O–H groups in total. The zero-order valence-corrected chi connectivity index (χ0v) is 13.4. The van der Waals surface area contributed by atoms with E-state index in [0.717, 1.165) is 0 Å². The van der Waals surface area contributed by atoms with E-state index in [1.165, 1.54) is 0 Å². The zero-order valence-electron chi connectivity index (χ0n) is 11.5. The summed E-state index contributed by atoms with van der Waals surface area (Å²) in [7, 11) is -5.00. The molecule has 16 heavy (non-hydrogen) atoms. The molecule has 4 nitrogen and oxygen atoms in total. The van der Waals surface area contributed by atoms with Gasteiger partial charge in [-0.2, -0.15) is 0 Å². The highest BCUT2D eigenvalue weighted by Crippen LogP contribution is 2.60. The van der Waals surface area contributed by atoms with Crippen LogP contribution < -0.4 is 0 Å². The summed E-state index contributed by atoms with van der Waals surface area (Å²) < 4.78 is 29.1. The molecule has 0 aromatic carbocycles. The second-order valence-electron chi connectivity index (χ2n) is 4.99. The minimum absolute atomic E-state index is 0.357. The van der Waals surface area contributed by atoms with Crippen LogP contribution in [0.1, 0.15) is 27.7 Å².